The van der Waals surface area contributed by atoms with E-state index in [2.05, 4.69) is 38.3 Å². The van der Waals surface area contributed by atoms with Gasteiger partial charge < -0.3 is 9.84 Å². The molecule has 8 nitrogen and oxygen atoms in total. The van der Waals surface area contributed by atoms with Crippen LogP contribution >= 0.6 is 0 Å². The van der Waals surface area contributed by atoms with Crippen LogP contribution in [0.5, 0.6) is 5.75 Å². The van der Waals surface area contributed by atoms with E-state index in [0.29, 0.717) is 18.4 Å². The van der Waals surface area contributed by atoms with Crippen LogP contribution in [-0.4, -0.2) is 60.9 Å². The number of likely N-dealkylation sites (tertiary alicyclic amines) is 1. The first-order chi connectivity index (χ1) is 14.7. The molecule has 1 N–H and O–H groups in total. The van der Waals surface area contributed by atoms with Crippen LogP contribution in [0.1, 0.15) is 30.0 Å². The van der Waals surface area contributed by atoms with Crippen molar-refractivity contribution in [3.05, 3.63) is 60.4 Å². The third-order valence-electron chi connectivity index (χ3n) is 6.60. The van der Waals surface area contributed by atoms with Crippen molar-refractivity contribution in [3.8, 4) is 5.75 Å². The minimum Gasteiger partial charge on any atom is -0.496 e. The highest BCUT2D eigenvalue weighted by atomic mass is 16.5. The van der Waals surface area contributed by atoms with Gasteiger partial charge in [0.15, 0.2) is 0 Å². The number of rotatable bonds is 6. The Labute approximate surface area is 176 Å². The van der Waals surface area contributed by atoms with Crippen molar-refractivity contribution in [1.29, 1.82) is 0 Å². The van der Waals surface area contributed by atoms with Crippen LogP contribution in [-0.2, 0) is 13.1 Å². The molecule has 0 unspecified atom stereocenters. The number of hydrogen-bond acceptors (Lipinski definition) is 6. The average Bonchev–Trinajstić information content (AvgIpc) is 3.49. The molecule has 0 radical (unpaired) electrons. The Balaban J connectivity index is 1.27. The SMILES string of the molecule is COc1ccc(CN2C[C@H]3C[C@@H](n4cncn4)[C@H](O)C[C@H]3C2)cc1Cn1cccn1. The molecule has 3 heterocycles. The normalized spacial score (nSPS) is 26.6. The topological polar surface area (TPSA) is 81.2 Å². The molecule has 1 aliphatic carbocycles. The van der Waals surface area contributed by atoms with Crippen LogP contribution in [0.2, 0.25) is 0 Å². The number of methoxy groups -OCH3 is 1. The summed E-state index contributed by atoms with van der Waals surface area (Å²) in [6.45, 7) is 3.70. The van der Waals surface area contributed by atoms with Gasteiger partial charge in [-0.1, -0.05) is 6.07 Å². The van der Waals surface area contributed by atoms with Crippen LogP contribution in [0, 0.1) is 11.8 Å². The van der Waals surface area contributed by atoms with Crippen LogP contribution in [0.15, 0.2) is 49.3 Å². The highest BCUT2D eigenvalue weighted by Crippen LogP contribution is 2.41. The fourth-order valence-electron chi connectivity index (χ4n) is 5.19. The molecule has 3 aromatic rings. The largest absolute Gasteiger partial charge is 0.496 e. The summed E-state index contributed by atoms with van der Waals surface area (Å²) in [5.74, 6) is 2.02. The van der Waals surface area contributed by atoms with Crippen molar-refractivity contribution in [1.82, 2.24) is 29.4 Å². The molecule has 1 saturated carbocycles. The lowest BCUT2D eigenvalue weighted by Crippen LogP contribution is -2.36. The maximum absolute atomic E-state index is 10.7. The average molecular weight is 409 g/mol. The van der Waals surface area contributed by atoms with Crippen LogP contribution < -0.4 is 4.74 Å². The third-order valence-corrected chi connectivity index (χ3v) is 6.60. The summed E-state index contributed by atoms with van der Waals surface area (Å²) >= 11 is 0. The summed E-state index contributed by atoms with van der Waals surface area (Å²) in [7, 11) is 1.71. The van der Waals surface area contributed by atoms with Gasteiger partial charge in [-0.3, -0.25) is 9.58 Å². The second-order valence-electron chi connectivity index (χ2n) is 8.55. The minimum atomic E-state index is -0.352. The van der Waals surface area contributed by atoms with E-state index >= 15 is 0 Å². The monoisotopic (exact) mass is 408 g/mol. The van der Waals surface area contributed by atoms with Crippen molar-refractivity contribution in [2.24, 2.45) is 11.8 Å². The maximum atomic E-state index is 10.7. The zero-order valence-electron chi connectivity index (χ0n) is 17.2. The Morgan fingerprint density at radius 3 is 2.73 bits per heavy atom. The van der Waals surface area contributed by atoms with Gasteiger partial charge in [-0.15, -0.1) is 0 Å². The maximum Gasteiger partial charge on any atom is 0.137 e. The molecule has 0 bridgehead atoms. The summed E-state index contributed by atoms with van der Waals surface area (Å²) in [4.78, 5) is 6.57. The zero-order chi connectivity index (χ0) is 20.5. The van der Waals surface area contributed by atoms with Crippen molar-refractivity contribution in [2.45, 2.75) is 38.1 Å². The quantitative estimate of drug-likeness (QED) is 0.672. The molecule has 2 fully saturated rings. The van der Waals surface area contributed by atoms with Gasteiger partial charge in [0.25, 0.3) is 0 Å². The second kappa shape index (κ2) is 8.20. The molecule has 1 aromatic carbocycles. The van der Waals surface area contributed by atoms with Crippen molar-refractivity contribution < 1.29 is 9.84 Å². The summed E-state index contributed by atoms with van der Waals surface area (Å²) in [6, 6.07) is 8.41. The van der Waals surface area contributed by atoms with Gasteiger partial charge in [-0.25, -0.2) is 9.67 Å². The van der Waals surface area contributed by atoms with E-state index < -0.39 is 0 Å². The van der Waals surface area contributed by atoms with E-state index in [1.807, 2.05) is 21.6 Å². The Bertz CT molecular complexity index is 958. The smallest absolute Gasteiger partial charge is 0.137 e. The zero-order valence-corrected chi connectivity index (χ0v) is 17.2. The summed E-state index contributed by atoms with van der Waals surface area (Å²) in [5, 5.41) is 19.2. The molecule has 1 saturated heterocycles. The number of hydrogen-bond donors (Lipinski definition) is 1. The van der Waals surface area contributed by atoms with Crippen LogP contribution in [0.3, 0.4) is 0 Å². The molecular formula is C22H28N6O2. The standard InChI is InChI=1S/C22H28N6O2/c1-30-22-4-3-16(7-19(22)13-27-6-2-5-24-27)10-26-11-17-8-20(28-15-23-14-25-28)21(29)9-18(17)12-26/h2-7,14-15,17-18,20-21,29H,8-13H2,1H3/t17-,18+,20-,21-/m1/s1. The van der Waals surface area contributed by atoms with E-state index in [0.717, 1.165) is 43.8 Å². The lowest BCUT2D eigenvalue weighted by Gasteiger charge is -2.35. The first-order valence-electron chi connectivity index (χ1n) is 10.6. The van der Waals surface area contributed by atoms with Gasteiger partial charge >= 0.3 is 0 Å². The molecule has 1 aliphatic heterocycles. The highest BCUT2D eigenvalue weighted by molar-refractivity contribution is 5.37. The first kappa shape index (κ1) is 19.3. The third kappa shape index (κ3) is 3.85. The van der Waals surface area contributed by atoms with E-state index in [4.69, 9.17) is 4.74 Å². The first-order valence-corrected chi connectivity index (χ1v) is 10.6. The molecule has 4 atom stereocenters. The number of ether oxygens (including phenoxy) is 1. The Morgan fingerprint density at radius 2 is 2.00 bits per heavy atom. The molecule has 5 rings (SSSR count). The highest BCUT2D eigenvalue weighted by Gasteiger charge is 2.42. The number of aliphatic hydroxyl groups excluding tert-OH is 1. The molecule has 2 aliphatic rings. The minimum absolute atomic E-state index is 0.0374. The van der Waals surface area contributed by atoms with Gasteiger partial charge in [0.2, 0.25) is 0 Å². The van der Waals surface area contributed by atoms with E-state index in [1.165, 1.54) is 5.56 Å². The number of aromatic nitrogens is 5. The van der Waals surface area contributed by atoms with E-state index in [9.17, 15) is 5.11 Å². The predicted molar refractivity (Wildman–Crippen MR) is 111 cm³/mol. The molecule has 2 aromatic heterocycles. The predicted octanol–water partition coefficient (Wildman–Crippen LogP) is 1.98. The fraction of sp³-hybridized carbons (Fsp3) is 0.500. The number of aliphatic hydroxyl groups is 1. The van der Waals surface area contributed by atoms with Gasteiger partial charge in [-0.05, 0) is 48.4 Å². The van der Waals surface area contributed by atoms with E-state index in [1.54, 1.807) is 26.0 Å². The number of fused-ring (bicyclic) bond motifs is 1. The van der Waals surface area contributed by atoms with Crippen molar-refractivity contribution in [2.75, 3.05) is 20.2 Å². The summed E-state index contributed by atoms with van der Waals surface area (Å²) in [5.41, 5.74) is 2.42. The van der Waals surface area contributed by atoms with Gasteiger partial charge in [0, 0.05) is 37.6 Å². The second-order valence-corrected chi connectivity index (χ2v) is 8.55. The molecular weight excluding hydrogens is 380 g/mol. The molecule has 30 heavy (non-hydrogen) atoms. The molecule has 0 spiro atoms. The summed E-state index contributed by atoms with van der Waals surface area (Å²) < 4.78 is 9.30. The Morgan fingerprint density at radius 1 is 1.13 bits per heavy atom. The van der Waals surface area contributed by atoms with E-state index in [-0.39, 0.29) is 12.1 Å². The van der Waals surface area contributed by atoms with Gasteiger partial charge in [0.05, 0.1) is 25.8 Å². The lowest BCUT2D eigenvalue weighted by molar-refractivity contribution is 0.0304. The van der Waals surface area contributed by atoms with Crippen LogP contribution in [0.4, 0.5) is 0 Å². The van der Waals surface area contributed by atoms with Crippen molar-refractivity contribution >= 4 is 0 Å². The summed E-state index contributed by atoms with van der Waals surface area (Å²) in [6.07, 6.45) is 8.47. The van der Waals surface area contributed by atoms with Crippen LogP contribution in [0.25, 0.3) is 0 Å². The number of benzene rings is 1. The van der Waals surface area contributed by atoms with Gasteiger partial charge in [0.1, 0.15) is 18.4 Å². The Kier molecular flexibility index (Phi) is 5.26. The molecule has 0 amide bonds. The van der Waals surface area contributed by atoms with Gasteiger partial charge in [-0.2, -0.15) is 10.2 Å². The lowest BCUT2D eigenvalue weighted by atomic mass is 9.77. The molecule has 8 heteroatoms. The molecule has 158 valence electrons. The number of nitrogens with zero attached hydrogens (tertiary/aromatic N) is 6. The fourth-order valence-corrected chi connectivity index (χ4v) is 5.19. The Hall–Kier alpha value is -2.71. The van der Waals surface area contributed by atoms with Crippen molar-refractivity contribution in [3.63, 3.8) is 0 Å².